The van der Waals surface area contributed by atoms with Gasteiger partial charge >= 0.3 is 5.97 Å². The van der Waals surface area contributed by atoms with Gasteiger partial charge in [-0.05, 0) is 24.3 Å². The summed E-state index contributed by atoms with van der Waals surface area (Å²) in [6.45, 7) is -0.248. The molecule has 22 heavy (non-hydrogen) atoms. The average Bonchev–Trinajstić information content (AvgIpc) is 2.85. The van der Waals surface area contributed by atoms with Gasteiger partial charge in [-0.15, -0.1) is 17.0 Å². The Hall–Kier alpha value is -1.89. The SMILES string of the molecule is Br.O=C(O)c1ccc2nc(-c3ccc(Cl)cc3)c(CO)n2c1. The van der Waals surface area contributed by atoms with Gasteiger partial charge in [-0.3, -0.25) is 0 Å². The molecule has 0 saturated carbocycles. The number of benzene rings is 1. The molecule has 2 aromatic heterocycles. The first-order chi connectivity index (χ1) is 10.1. The molecular formula is C15H12BrClN2O3. The number of pyridine rings is 1. The van der Waals surface area contributed by atoms with Gasteiger partial charge in [0.2, 0.25) is 0 Å². The van der Waals surface area contributed by atoms with E-state index in [0.29, 0.717) is 22.1 Å². The number of fused-ring (bicyclic) bond motifs is 1. The van der Waals surface area contributed by atoms with Crippen LogP contribution in [-0.2, 0) is 6.61 Å². The second-order valence-corrected chi connectivity index (χ2v) is 4.96. The van der Waals surface area contributed by atoms with Crippen molar-refractivity contribution in [2.24, 2.45) is 0 Å². The maximum atomic E-state index is 11.0. The molecular weight excluding hydrogens is 372 g/mol. The van der Waals surface area contributed by atoms with Crippen LogP contribution in [0.2, 0.25) is 5.02 Å². The van der Waals surface area contributed by atoms with Crippen LogP contribution in [0.4, 0.5) is 0 Å². The van der Waals surface area contributed by atoms with Crippen LogP contribution in [-0.4, -0.2) is 25.6 Å². The van der Waals surface area contributed by atoms with Crippen LogP contribution in [0.3, 0.4) is 0 Å². The van der Waals surface area contributed by atoms with Crippen molar-refractivity contribution in [3.05, 3.63) is 58.9 Å². The number of aromatic nitrogens is 2. The van der Waals surface area contributed by atoms with Gasteiger partial charge < -0.3 is 14.6 Å². The smallest absolute Gasteiger partial charge is 0.337 e. The van der Waals surface area contributed by atoms with Crippen molar-refractivity contribution in [3.8, 4) is 11.3 Å². The molecule has 0 aliphatic rings. The molecule has 5 nitrogen and oxygen atoms in total. The Bertz CT molecular complexity index is 831. The van der Waals surface area contributed by atoms with Crippen LogP contribution in [0, 0.1) is 0 Å². The van der Waals surface area contributed by atoms with Gasteiger partial charge in [-0.25, -0.2) is 9.78 Å². The Kier molecular flexibility index (Phi) is 4.85. The molecule has 0 aliphatic heterocycles. The summed E-state index contributed by atoms with van der Waals surface area (Å²) in [5.74, 6) is -1.03. The van der Waals surface area contributed by atoms with Gasteiger partial charge in [0.1, 0.15) is 5.65 Å². The van der Waals surface area contributed by atoms with Gasteiger partial charge in [-0.1, -0.05) is 23.7 Å². The molecule has 0 spiro atoms. The van der Waals surface area contributed by atoms with E-state index >= 15 is 0 Å². The second-order valence-electron chi connectivity index (χ2n) is 4.52. The molecule has 0 unspecified atom stereocenters. The minimum atomic E-state index is -1.03. The Morgan fingerprint density at radius 3 is 2.45 bits per heavy atom. The number of hydrogen-bond donors (Lipinski definition) is 2. The third kappa shape index (κ3) is 2.85. The number of nitrogens with zero attached hydrogens (tertiary/aromatic N) is 2. The topological polar surface area (TPSA) is 74.8 Å². The van der Waals surface area contributed by atoms with E-state index in [1.165, 1.54) is 12.3 Å². The van der Waals surface area contributed by atoms with E-state index in [9.17, 15) is 9.90 Å². The number of hydrogen-bond acceptors (Lipinski definition) is 3. The first-order valence-corrected chi connectivity index (χ1v) is 6.59. The Labute approximate surface area is 141 Å². The predicted octanol–water partition coefficient (Wildman–Crippen LogP) is 3.42. The summed E-state index contributed by atoms with van der Waals surface area (Å²) in [4.78, 5) is 15.5. The van der Waals surface area contributed by atoms with Gasteiger partial charge in [0.05, 0.1) is 23.6 Å². The zero-order valence-corrected chi connectivity index (χ0v) is 13.7. The molecule has 1 aromatic carbocycles. The maximum absolute atomic E-state index is 11.0. The highest BCUT2D eigenvalue weighted by Gasteiger charge is 2.14. The van der Waals surface area contributed by atoms with Crippen molar-refractivity contribution in [3.63, 3.8) is 0 Å². The van der Waals surface area contributed by atoms with Crippen LogP contribution in [0.5, 0.6) is 0 Å². The number of imidazole rings is 1. The third-order valence-corrected chi connectivity index (χ3v) is 3.48. The molecule has 0 aliphatic carbocycles. The first kappa shape index (κ1) is 16.5. The first-order valence-electron chi connectivity index (χ1n) is 6.21. The summed E-state index contributed by atoms with van der Waals surface area (Å²) >= 11 is 5.87. The Morgan fingerprint density at radius 1 is 1.18 bits per heavy atom. The summed E-state index contributed by atoms with van der Waals surface area (Å²) in [5.41, 5.74) is 2.67. The predicted molar refractivity (Wildman–Crippen MR) is 88.8 cm³/mol. The number of carbonyl (C=O) groups is 1. The van der Waals surface area contributed by atoms with E-state index < -0.39 is 5.97 Å². The fourth-order valence-electron chi connectivity index (χ4n) is 2.21. The summed E-state index contributed by atoms with van der Waals surface area (Å²) in [5, 5.41) is 19.3. The van der Waals surface area contributed by atoms with Crippen molar-refractivity contribution < 1.29 is 15.0 Å². The number of halogens is 2. The molecule has 114 valence electrons. The fourth-order valence-corrected chi connectivity index (χ4v) is 2.34. The normalized spacial score (nSPS) is 10.5. The van der Waals surface area contributed by atoms with E-state index in [0.717, 1.165) is 5.56 Å². The molecule has 0 radical (unpaired) electrons. The number of rotatable bonds is 3. The molecule has 0 bridgehead atoms. The number of carboxylic acids is 1. The van der Waals surface area contributed by atoms with Crippen molar-refractivity contribution >= 4 is 40.2 Å². The molecule has 0 fully saturated rings. The minimum absolute atomic E-state index is 0. The van der Waals surface area contributed by atoms with Crippen LogP contribution in [0.15, 0.2) is 42.6 Å². The van der Waals surface area contributed by atoms with Crippen LogP contribution < -0.4 is 0 Å². The molecule has 7 heteroatoms. The summed E-state index contributed by atoms with van der Waals surface area (Å²) < 4.78 is 1.59. The van der Waals surface area contributed by atoms with Crippen LogP contribution >= 0.6 is 28.6 Å². The van der Waals surface area contributed by atoms with E-state index in [1.807, 2.05) is 0 Å². The van der Waals surface area contributed by atoms with Gasteiger partial charge in [0, 0.05) is 16.8 Å². The van der Waals surface area contributed by atoms with E-state index in [-0.39, 0.29) is 29.2 Å². The number of carboxylic acid groups (broad SMARTS) is 1. The summed E-state index contributed by atoms with van der Waals surface area (Å²) in [6.07, 6.45) is 1.45. The highest BCUT2D eigenvalue weighted by atomic mass is 79.9. The highest BCUT2D eigenvalue weighted by Crippen LogP contribution is 2.26. The van der Waals surface area contributed by atoms with E-state index in [2.05, 4.69) is 4.98 Å². The number of aliphatic hydroxyl groups excluding tert-OH is 1. The molecule has 3 aromatic rings. The lowest BCUT2D eigenvalue weighted by Gasteiger charge is -2.03. The van der Waals surface area contributed by atoms with Crippen molar-refractivity contribution in [2.75, 3.05) is 0 Å². The Balaban J connectivity index is 0.00000176. The number of aromatic carboxylic acids is 1. The van der Waals surface area contributed by atoms with Crippen molar-refractivity contribution in [1.29, 1.82) is 0 Å². The van der Waals surface area contributed by atoms with Crippen molar-refractivity contribution in [2.45, 2.75) is 6.61 Å². The Morgan fingerprint density at radius 2 is 1.86 bits per heavy atom. The zero-order chi connectivity index (χ0) is 15.0. The summed E-state index contributed by atoms with van der Waals surface area (Å²) in [6, 6.07) is 10.2. The van der Waals surface area contributed by atoms with Gasteiger partial charge in [0.15, 0.2) is 0 Å². The monoisotopic (exact) mass is 382 g/mol. The average molecular weight is 384 g/mol. The minimum Gasteiger partial charge on any atom is -0.478 e. The lowest BCUT2D eigenvalue weighted by molar-refractivity contribution is 0.0696. The molecule has 3 rings (SSSR count). The van der Waals surface area contributed by atoms with Gasteiger partial charge in [-0.2, -0.15) is 0 Å². The fraction of sp³-hybridized carbons (Fsp3) is 0.0667. The highest BCUT2D eigenvalue weighted by molar-refractivity contribution is 8.93. The molecule has 0 amide bonds. The number of aliphatic hydroxyl groups is 1. The van der Waals surface area contributed by atoms with Crippen LogP contribution in [0.1, 0.15) is 16.1 Å². The largest absolute Gasteiger partial charge is 0.478 e. The maximum Gasteiger partial charge on any atom is 0.337 e. The molecule has 2 heterocycles. The molecule has 0 atom stereocenters. The zero-order valence-electron chi connectivity index (χ0n) is 11.2. The molecule has 2 N–H and O–H groups in total. The van der Waals surface area contributed by atoms with E-state index in [1.54, 1.807) is 34.7 Å². The van der Waals surface area contributed by atoms with Crippen molar-refractivity contribution in [1.82, 2.24) is 9.38 Å². The second kappa shape index (κ2) is 6.48. The lowest BCUT2D eigenvalue weighted by Crippen LogP contribution is -2.01. The summed E-state index contributed by atoms with van der Waals surface area (Å²) in [7, 11) is 0. The standard InChI is InChI=1S/C15H11ClN2O3.BrH/c16-11-4-1-9(2-5-11)14-12(8-19)18-7-10(15(20)21)3-6-13(18)17-14;/h1-7,19H,8H2,(H,20,21);1H. The third-order valence-electron chi connectivity index (χ3n) is 3.23. The van der Waals surface area contributed by atoms with Crippen LogP contribution in [0.25, 0.3) is 16.9 Å². The van der Waals surface area contributed by atoms with E-state index in [4.69, 9.17) is 16.7 Å². The quantitative estimate of drug-likeness (QED) is 0.727. The molecule has 0 saturated heterocycles. The lowest BCUT2D eigenvalue weighted by atomic mass is 10.1. The van der Waals surface area contributed by atoms with Gasteiger partial charge in [0.25, 0.3) is 0 Å².